The molecule has 0 amide bonds. The summed E-state index contributed by atoms with van der Waals surface area (Å²) in [5.41, 5.74) is 13.4. The summed E-state index contributed by atoms with van der Waals surface area (Å²) in [7, 11) is 0. The zero-order chi connectivity index (χ0) is 34.1. The monoisotopic (exact) mass is 654 g/mol. The lowest BCUT2D eigenvalue weighted by atomic mass is 9.82. The van der Waals surface area contributed by atoms with E-state index in [9.17, 15) is 0 Å². The minimum atomic E-state index is -0.171. The molecule has 0 saturated carbocycles. The first-order chi connectivity index (χ1) is 25.0. The van der Waals surface area contributed by atoms with Crippen molar-refractivity contribution in [2.24, 2.45) is 0 Å². The summed E-state index contributed by atoms with van der Waals surface area (Å²) >= 11 is 0. The maximum atomic E-state index is 6.35. The zero-order valence-corrected chi connectivity index (χ0v) is 28.5. The van der Waals surface area contributed by atoms with Crippen molar-refractivity contribution >= 4 is 49.7 Å². The number of hydrogen-bond acceptors (Lipinski definition) is 3. The standard InChI is InChI=1S/C48H34N2O/c1-48(2)43-28-36-20-24-40(26-37(36)27-41(43)42-29-46-45(30-44(42)48)49-47(51-46)34-14-7-4-8-15-34)50(39-23-19-32-13-9-10-16-35(32)25-39)38-21-17-33(18-22-38)31-11-5-3-6-12-31/h3-30H,1-2H3. The molecule has 1 aromatic heterocycles. The van der Waals surface area contributed by atoms with Crippen molar-refractivity contribution in [1.82, 2.24) is 4.98 Å². The Bertz CT molecular complexity index is 2760. The maximum absolute atomic E-state index is 6.35. The van der Waals surface area contributed by atoms with Gasteiger partial charge < -0.3 is 9.32 Å². The van der Waals surface area contributed by atoms with E-state index in [2.05, 4.69) is 158 Å². The van der Waals surface area contributed by atoms with Crippen molar-refractivity contribution in [1.29, 1.82) is 0 Å². The zero-order valence-electron chi connectivity index (χ0n) is 28.5. The summed E-state index contributed by atoms with van der Waals surface area (Å²) in [5.74, 6) is 0.654. The number of rotatable bonds is 5. The van der Waals surface area contributed by atoms with E-state index < -0.39 is 0 Å². The van der Waals surface area contributed by atoms with Gasteiger partial charge in [-0.25, -0.2) is 4.98 Å². The molecule has 0 aliphatic heterocycles. The van der Waals surface area contributed by atoms with Crippen molar-refractivity contribution < 1.29 is 4.42 Å². The van der Waals surface area contributed by atoms with Crippen molar-refractivity contribution in [2.75, 3.05) is 4.90 Å². The first kappa shape index (κ1) is 29.5. The van der Waals surface area contributed by atoms with Gasteiger partial charge >= 0.3 is 0 Å². The molecule has 0 fully saturated rings. The van der Waals surface area contributed by atoms with E-state index in [1.165, 1.54) is 54.9 Å². The first-order valence-corrected chi connectivity index (χ1v) is 17.5. The van der Waals surface area contributed by atoms with Crippen molar-refractivity contribution in [2.45, 2.75) is 19.3 Å². The smallest absolute Gasteiger partial charge is 0.227 e. The Morgan fingerprint density at radius 1 is 0.451 bits per heavy atom. The van der Waals surface area contributed by atoms with Gasteiger partial charge in [0.15, 0.2) is 5.58 Å². The third-order valence-corrected chi connectivity index (χ3v) is 10.6. The highest BCUT2D eigenvalue weighted by molar-refractivity contribution is 5.99. The van der Waals surface area contributed by atoms with Gasteiger partial charge in [-0.2, -0.15) is 0 Å². The van der Waals surface area contributed by atoms with Crippen LogP contribution < -0.4 is 4.90 Å². The molecule has 0 radical (unpaired) electrons. The summed E-state index contributed by atoms with van der Waals surface area (Å²) in [5, 5.41) is 4.87. The summed E-state index contributed by atoms with van der Waals surface area (Å²) in [6, 6.07) is 60.9. The number of nitrogens with zero attached hydrogens (tertiary/aromatic N) is 2. The molecule has 51 heavy (non-hydrogen) atoms. The molecule has 242 valence electrons. The quantitative estimate of drug-likeness (QED) is 0.185. The summed E-state index contributed by atoms with van der Waals surface area (Å²) in [6.07, 6.45) is 0. The minimum Gasteiger partial charge on any atom is -0.436 e. The topological polar surface area (TPSA) is 29.3 Å². The molecule has 3 heteroatoms. The average Bonchev–Trinajstić information content (AvgIpc) is 3.69. The van der Waals surface area contributed by atoms with Gasteiger partial charge in [0.1, 0.15) is 5.52 Å². The molecular weight excluding hydrogens is 621 g/mol. The fourth-order valence-corrected chi connectivity index (χ4v) is 7.92. The largest absolute Gasteiger partial charge is 0.436 e. The van der Waals surface area contributed by atoms with Crippen LogP contribution in [0.3, 0.4) is 0 Å². The molecule has 0 atom stereocenters. The number of aromatic nitrogens is 1. The molecule has 10 rings (SSSR count). The number of oxazole rings is 1. The van der Waals surface area contributed by atoms with E-state index in [1.807, 2.05) is 30.3 Å². The number of fused-ring (bicyclic) bond motifs is 6. The maximum Gasteiger partial charge on any atom is 0.227 e. The summed E-state index contributed by atoms with van der Waals surface area (Å²) in [4.78, 5) is 7.27. The van der Waals surface area contributed by atoms with Gasteiger partial charge in [-0.15, -0.1) is 0 Å². The van der Waals surface area contributed by atoms with E-state index in [4.69, 9.17) is 9.40 Å². The lowest BCUT2D eigenvalue weighted by Crippen LogP contribution is -2.15. The Balaban J connectivity index is 1.11. The van der Waals surface area contributed by atoms with Crippen molar-refractivity contribution in [3.05, 3.63) is 181 Å². The highest BCUT2D eigenvalue weighted by atomic mass is 16.3. The fourth-order valence-electron chi connectivity index (χ4n) is 7.92. The molecule has 0 spiro atoms. The van der Waals surface area contributed by atoms with Crippen LogP contribution in [-0.4, -0.2) is 4.98 Å². The molecule has 0 saturated heterocycles. The Labute approximate surface area is 297 Å². The van der Waals surface area contributed by atoms with Gasteiger partial charge in [0.2, 0.25) is 5.89 Å². The Morgan fingerprint density at radius 2 is 1.00 bits per heavy atom. The van der Waals surface area contributed by atoms with E-state index in [1.54, 1.807) is 0 Å². The van der Waals surface area contributed by atoms with Gasteiger partial charge in [0.25, 0.3) is 0 Å². The fraction of sp³-hybridized carbons (Fsp3) is 0.0625. The van der Waals surface area contributed by atoms with Crippen LogP contribution in [0.5, 0.6) is 0 Å². The predicted octanol–water partition coefficient (Wildman–Crippen LogP) is 13.2. The van der Waals surface area contributed by atoms with E-state index in [-0.39, 0.29) is 5.41 Å². The second-order valence-corrected chi connectivity index (χ2v) is 14.1. The lowest BCUT2D eigenvalue weighted by Gasteiger charge is -2.27. The summed E-state index contributed by atoms with van der Waals surface area (Å²) in [6.45, 7) is 4.64. The molecular formula is C48H34N2O. The molecule has 1 heterocycles. The van der Waals surface area contributed by atoms with Crippen LogP contribution in [0.2, 0.25) is 0 Å². The van der Waals surface area contributed by atoms with Crippen LogP contribution in [-0.2, 0) is 5.41 Å². The third kappa shape index (κ3) is 4.85. The number of benzene rings is 8. The molecule has 1 aliphatic rings. The molecule has 0 bridgehead atoms. The first-order valence-electron chi connectivity index (χ1n) is 17.5. The summed E-state index contributed by atoms with van der Waals surface area (Å²) < 4.78 is 6.35. The SMILES string of the molecule is CC1(C)c2cc3ccc(N(c4ccc(-c5ccccc5)cc4)c4ccc5ccccc5c4)cc3cc2-c2cc3oc(-c4ccccc4)nc3cc21. The van der Waals surface area contributed by atoms with E-state index in [0.29, 0.717) is 5.89 Å². The van der Waals surface area contributed by atoms with E-state index >= 15 is 0 Å². The van der Waals surface area contributed by atoms with Crippen LogP contribution in [0.15, 0.2) is 174 Å². The third-order valence-electron chi connectivity index (χ3n) is 10.6. The highest BCUT2D eigenvalue weighted by Gasteiger charge is 2.37. The van der Waals surface area contributed by atoms with Crippen LogP contribution in [0, 0.1) is 0 Å². The molecule has 9 aromatic rings. The molecule has 0 unspecified atom stereocenters. The number of anilines is 3. The molecule has 8 aromatic carbocycles. The van der Waals surface area contributed by atoms with Gasteiger partial charge in [-0.05, 0) is 128 Å². The second-order valence-electron chi connectivity index (χ2n) is 14.1. The highest BCUT2D eigenvalue weighted by Crippen LogP contribution is 2.51. The van der Waals surface area contributed by atoms with Gasteiger partial charge in [-0.1, -0.05) is 111 Å². The second kappa shape index (κ2) is 11.3. The minimum absolute atomic E-state index is 0.171. The average molecular weight is 655 g/mol. The van der Waals surface area contributed by atoms with Crippen LogP contribution >= 0.6 is 0 Å². The Morgan fingerprint density at radius 3 is 1.75 bits per heavy atom. The van der Waals surface area contributed by atoms with Crippen molar-refractivity contribution in [3.63, 3.8) is 0 Å². The Kier molecular flexibility index (Phi) is 6.53. The van der Waals surface area contributed by atoms with Crippen molar-refractivity contribution in [3.8, 4) is 33.7 Å². The van der Waals surface area contributed by atoms with Crippen LogP contribution in [0.25, 0.3) is 66.4 Å². The normalized spacial score (nSPS) is 13.1. The van der Waals surface area contributed by atoms with Gasteiger partial charge in [-0.3, -0.25) is 0 Å². The molecule has 0 N–H and O–H groups in total. The number of hydrogen-bond donors (Lipinski definition) is 0. The van der Waals surface area contributed by atoms with Crippen LogP contribution in [0.1, 0.15) is 25.0 Å². The van der Waals surface area contributed by atoms with E-state index in [0.717, 1.165) is 33.7 Å². The molecule has 1 aliphatic carbocycles. The predicted molar refractivity (Wildman–Crippen MR) is 212 cm³/mol. The van der Waals surface area contributed by atoms with Gasteiger partial charge in [0.05, 0.1) is 0 Å². The Hall–Kier alpha value is -6.45. The molecule has 3 nitrogen and oxygen atoms in total. The van der Waals surface area contributed by atoms with Gasteiger partial charge in [0, 0.05) is 28.0 Å². The van der Waals surface area contributed by atoms with Crippen LogP contribution in [0.4, 0.5) is 17.1 Å². The lowest BCUT2D eigenvalue weighted by molar-refractivity contribution is 0.619.